The number of likely N-dealkylation sites (N-methyl/N-ethyl adjacent to an activating group) is 1. The average molecular weight is 201 g/mol. The molecule has 13 heavy (non-hydrogen) atoms. The molecule has 1 atom stereocenters. The molecule has 0 aliphatic carbocycles. The number of aliphatic hydroxyl groups is 1. The van der Waals surface area contributed by atoms with Crippen molar-refractivity contribution in [1.82, 2.24) is 9.88 Å². The standard InChI is InChI=1S/C8H15N3OS/c1-6(12)4-11(2)5-7-3-10-8(9)13-7/h3,6,12H,4-5H2,1-2H3,(H2,9,10). The second-order valence-electron chi connectivity index (χ2n) is 3.21. The van der Waals surface area contributed by atoms with Gasteiger partial charge in [0.05, 0.1) is 6.10 Å². The van der Waals surface area contributed by atoms with Gasteiger partial charge in [-0.25, -0.2) is 4.98 Å². The van der Waals surface area contributed by atoms with Gasteiger partial charge in [0.15, 0.2) is 5.13 Å². The van der Waals surface area contributed by atoms with E-state index >= 15 is 0 Å². The van der Waals surface area contributed by atoms with E-state index in [4.69, 9.17) is 10.8 Å². The van der Waals surface area contributed by atoms with E-state index in [0.717, 1.165) is 11.4 Å². The number of nitrogens with two attached hydrogens (primary N) is 1. The van der Waals surface area contributed by atoms with Crippen molar-refractivity contribution in [2.75, 3.05) is 19.3 Å². The minimum atomic E-state index is -0.296. The first-order valence-electron chi connectivity index (χ1n) is 4.14. The number of anilines is 1. The summed E-state index contributed by atoms with van der Waals surface area (Å²) in [6.45, 7) is 3.23. The molecule has 0 amide bonds. The topological polar surface area (TPSA) is 62.4 Å². The molecule has 1 aromatic heterocycles. The Morgan fingerprint density at radius 1 is 1.77 bits per heavy atom. The molecule has 0 aliphatic rings. The molecule has 4 nitrogen and oxygen atoms in total. The normalized spacial score (nSPS) is 13.5. The maximum Gasteiger partial charge on any atom is 0.180 e. The second kappa shape index (κ2) is 4.55. The third-order valence-electron chi connectivity index (χ3n) is 1.57. The van der Waals surface area contributed by atoms with Crippen molar-refractivity contribution in [1.29, 1.82) is 0 Å². The van der Waals surface area contributed by atoms with E-state index in [-0.39, 0.29) is 6.10 Å². The van der Waals surface area contributed by atoms with Crippen LogP contribution in [0, 0.1) is 0 Å². The summed E-state index contributed by atoms with van der Waals surface area (Å²) in [6, 6.07) is 0. The van der Waals surface area contributed by atoms with Gasteiger partial charge in [-0.15, -0.1) is 11.3 Å². The van der Waals surface area contributed by atoms with Gasteiger partial charge in [-0.3, -0.25) is 4.90 Å². The fourth-order valence-electron chi connectivity index (χ4n) is 1.18. The van der Waals surface area contributed by atoms with Crippen LogP contribution in [-0.2, 0) is 6.54 Å². The summed E-state index contributed by atoms with van der Waals surface area (Å²) in [4.78, 5) is 7.12. The van der Waals surface area contributed by atoms with Gasteiger partial charge in [-0.05, 0) is 14.0 Å². The van der Waals surface area contributed by atoms with Crippen LogP contribution in [0.2, 0.25) is 0 Å². The molecule has 1 aromatic rings. The highest BCUT2D eigenvalue weighted by Gasteiger charge is 2.05. The predicted molar refractivity (Wildman–Crippen MR) is 54.5 cm³/mol. The third-order valence-corrected chi connectivity index (χ3v) is 2.38. The second-order valence-corrected chi connectivity index (χ2v) is 4.36. The molecule has 3 N–H and O–H groups in total. The number of thiazole rings is 1. The summed E-state index contributed by atoms with van der Waals surface area (Å²) in [5, 5.41) is 9.73. The predicted octanol–water partition coefficient (Wildman–Crippen LogP) is 0.538. The Labute approximate surface area is 82.0 Å². The molecule has 0 saturated heterocycles. The van der Waals surface area contributed by atoms with Crippen molar-refractivity contribution < 1.29 is 5.11 Å². The highest BCUT2D eigenvalue weighted by atomic mass is 32.1. The highest BCUT2D eigenvalue weighted by Crippen LogP contribution is 2.15. The molecule has 1 rings (SSSR count). The number of hydrogen-bond donors (Lipinski definition) is 2. The molecule has 0 radical (unpaired) electrons. The summed E-state index contributed by atoms with van der Waals surface area (Å²) >= 11 is 1.49. The molecule has 0 aromatic carbocycles. The zero-order chi connectivity index (χ0) is 9.84. The molecule has 1 heterocycles. The number of aliphatic hydroxyl groups excluding tert-OH is 1. The fourth-order valence-corrected chi connectivity index (χ4v) is 1.94. The van der Waals surface area contributed by atoms with Gasteiger partial charge in [0.25, 0.3) is 0 Å². The molecule has 5 heteroatoms. The lowest BCUT2D eigenvalue weighted by Crippen LogP contribution is -2.26. The molecule has 1 unspecified atom stereocenters. The lowest BCUT2D eigenvalue weighted by molar-refractivity contribution is 0.139. The van der Waals surface area contributed by atoms with Crippen molar-refractivity contribution >= 4 is 16.5 Å². The number of nitrogen functional groups attached to an aromatic ring is 1. The maximum absolute atomic E-state index is 9.13. The van der Waals surface area contributed by atoms with Crippen LogP contribution in [0.25, 0.3) is 0 Å². The largest absolute Gasteiger partial charge is 0.392 e. The van der Waals surface area contributed by atoms with Crippen LogP contribution < -0.4 is 5.73 Å². The molecule has 0 fully saturated rings. The van der Waals surface area contributed by atoms with Gasteiger partial charge in [-0.1, -0.05) is 0 Å². The lowest BCUT2D eigenvalue weighted by Gasteiger charge is -2.16. The van der Waals surface area contributed by atoms with Crippen LogP contribution in [0.5, 0.6) is 0 Å². The van der Waals surface area contributed by atoms with Crippen LogP contribution in [0.3, 0.4) is 0 Å². The van der Waals surface area contributed by atoms with Crippen LogP contribution >= 0.6 is 11.3 Å². The van der Waals surface area contributed by atoms with E-state index in [1.807, 2.05) is 11.9 Å². The number of rotatable bonds is 4. The molecular weight excluding hydrogens is 186 g/mol. The van der Waals surface area contributed by atoms with Gasteiger partial charge >= 0.3 is 0 Å². The molecule has 74 valence electrons. The SMILES string of the molecule is CC(O)CN(C)Cc1cnc(N)s1. The Bertz CT molecular complexity index is 262. The monoisotopic (exact) mass is 201 g/mol. The van der Waals surface area contributed by atoms with Crippen molar-refractivity contribution in [2.45, 2.75) is 19.6 Å². The summed E-state index contributed by atoms with van der Waals surface area (Å²) in [5.41, 5.74) is 5.50. The Hall–Kier alpha value is -0.650. The van der Waals surface area contributed by atoms with Crippen molar-refractivity contribution in [3.63, 3.8) is 0 Å². The summed E-state index contributed by atoms with van der Waals surface area (Å²) in [6.07, 6.45) is 1.48. The van der Waals surface area contributed by atoms with Gasteiger partial charge in [0, 0.05) is 24.2 Å². The molecular formula is C8H15N3OS. The van der Waals surface area contributed by atoms with Crippen molar-refractivity contribution in [3.05, 3.63) is 11.1 Å². The molecule has 0 saturated carbocycles. The van der Waals surface area contributed by atoms with Crippen molar-refractivity contribution in [2.24, 2.45) is 0 Å². The van der Waals surface area contributed by atoms with Gasteiger partial charge in [-0.2, -0.15) is 0 Å². The highest BCUT2D eigenvalue weighted by molar-refractivity contribution is 7.15. The fraction of sp³-hybridized carbons (Fsp3) is 0.625. The zero-order valence-electron chi connectivity index (χ0n) is 7.90. The van der Waals surface area contributed by atoms with Crippen LogP contribution in [0.4, 0.5) is 5.13 Å². The Kier molecular flexibility index (Phi) is 3.65. The van der Waals surface area contributed by atoms with Gasteiger partial charge < -0.3 is 10.8 Å². The van der Waals surface area contributed by atoms with Gasteiger partial charge in [0.1, 0.15) is 0 Å². The minimum Gasteiger partial charge on any atom is -0.392 e. The van der Waals surface area contributed by atoms with E-state index in [0.29, 0.717) is 11.7 Å². The van der Waals surface area contributed by atoms with Crippen molar-refractivity contribution in [3.8, 4) is 0 Å². The quantitative estimate of drug-likeness (QED) is 0.746. The number of nitrogens with zero attached hydrogens (tertiary/aromatic N) is 2. The van der Waals surface area contributed by atoms with Crippen LogP contribution in [-0.4, -0.2) is 34.7 Å². The molecule has 0 spiro atoms. The zero-order valence-corrected chi connectivity index (χ0v) is 8.71. The van der Waals surface area contributed by atoms with E-state index in [2.05, 4.69) is 4.98 Å². The third kappa shape index (κ3) is 3.71. The first-order chi connectivity index (χ1) is 6.08. The Morgan fingerprint density at radius 2 is 2.46 bits per heavy atom. The maximum atomic E-state index is 9.13. The van der Waals surface area contributed by atoms with E-state index in [1.165, 1.54) is 11.3 Å². The van der Waals surface area contributed by atoms with E-state index in [1.54, 1.807) is 13.1 Å². The number of hydrogen-bond acceptors (Lipinski definition) is 5. The van der Waals surface area contributed by atoms with Crippen LogP contribution in [0.1, 0.15) is 11.8 Å². The molecule has 0 bridgehead atoms. The molecule has 0 aliphatic heterocycles. The van der Waals surface area contributed by atoms with Crippen LogP contribution in [0.15, 0.2) is 6.20 Å². The summed E-state index contributed by atoms with van der Waals surface area (Å²) in [5.74, 6) is 0. The van der Waals surface area contributed by atoms with E-state index < -0.39 is 0 Å². The minimum absolute atomic E-state index is 0.296. The Balaban J connectivity index is 2.40. The first-order valence-corrected chi connectivity index (χ1v) is 4.96. The Morgan fingerprint density at radius 3 is 2.92 bits per heavy atom. The van der Waals surface area contributed by atoms with Gasteiger partial charge in [0.2, 0.25) is 0 Å². The number of aromatic nitrogens is 1. The smallest absolute Gasteiger partial charge is 0.180 e. The average Bonchev–Trinajstić information content (AvgIpc) is 2.33. The van der Waals surface area contributed by atoms with E-state index in [9.17, 15) is 0 Å². The first kappa shape index (κ1) is 10.4. The lowest BCUT2D eigenvalue weighted by atomic mass is 10.3. The summed E-state index contributed by atoms with van der Waals surface area (Å²) < 4.78 is 0. The summed E-state index contributed by atoms with van der Waals surface area (Å²) in [7, 11) is 1.96.